The molecule has 1 aromatic rings. The Bertz CT molecular complexity index is 1840. The van der Waals surface area contributed by atoms with E-state index < -0.39 is 28.3 Å². The van der Waals surface area contributed by atoms with Crippen LogP contribution in [0.15, 0.2) is 41.6 Å². The second kappa shape index (κ2) is 13.3. The fourth-order valence-electron chi connectivity index (χ4n) is 13.4. The third kappa shape index (κ3) is 6.25. The van der Waals surface area contributed by atoms with Crippen molar-refractivity contribution in [2.24, 2.45) is 56.2 Å². The number of aromatic nitrogens is 1. The lowest BCUT2D eigenvalue weighted by Crippen LogP contribution is -2.65. The maximum atomic E-state index is 14.1. The van der Waals surface area contributed by atoms with E-state index in [2.05, 4.69) is 64.8 Å². The molecular formula is C46H63ClN2O6. The van der Waals surface area contributed by atoms with Gasteiger partial charge in [0.1, 0.15) is 6.10 Å². The zero-order valence-electron chi connectivity index (χ0n) is 34.6. The number of carboxylic acids is 1. The molecule has 1 heterocycles. The Hall–Kier alpha value is -3.00. The van der Waals surface area contributed by atoms with Gasteiger partial charge in [-0.2, -0.15) is 0 Å². The molecule has 9 heteroatoms. The molecule has 0 spiro atoms. The first-order chi connectivity index (χ1) is 25.6. The van der Waals surface area contributed by atoms with Gasteiger partial charge in [0, 0.05) is 23.4 Å². The van der Waals surface area contributed by atoms with E-state index in [-0.39, 0.29) is 57.7 Å². The van der Waals surface area contributed by atoms with Crippen LogP contribution in [-0.4, -0.2) is 39.8 Å². The van der Waals surface area contributed by atoms with Gasteiger partial charge in [-0.1, -0.05) is 66.1 Å². The van der Waals surface area contributed by atoms with Gasteiger partial charge in [-0.25, -0.2) is 0 Å². The summed E-state index contributed by atoms with van der Waals surface area (Å²) in [6, 6.07) is 3.71. The van der Waals surface area contributed by atoms with E-state index in [9.17, 15) is 24.3 Å². The third-order valence-corrected chi connectivity index (χ3v) is 17.0. The van der Waals surface area contributed by atoms with Crippen LogP contribution in [0.1, 0.15) is 145 Å². The molecule has 1 aromatic heterocycles. The van der Waals surface area contributed by atoms with Crippen molar-refractivity contribution in [3.8, 4) is 0 Å². The number of ether oxygens (including phenoxy) is 1. The number of halogens is 1. The molecule has 1 unspecified atom stereocenters. The number of nitrogens with zero attached hydrogens (tertiary/aromatic N) is 1. The number of hydrogen-bond acceptors (Lipinski definition) is 6. The molecule has 2 N–H and O–H groups in total. The second-order valence-electron chi connectivity index (χ2n) is 20.8. The number of amides is 1. The molecule has 300 valence electrons. The Morgan fingerprint density at radius 2 is 1.67 bits per heavy atom. The van der Waals surface area contributed by atoms with Crippen LogP contribution in [0.3, 0.4) is 0 Å². The van der Waals surface area contributed by atoms with Crippen LogP contribution in [-0.2, 0) is 29.5 Å². The van der Waals surface area contributed by atoms with Crippen molar-refractivity contribution in [3.63, 3.8) is 0 Å². The molecule has 1 amide bonds. The number of aliphatic carboxylic acids is 1. The summed E-state index contributed by atoms with van der Waals surface area (Å²) in [6.07, 6.45) is 15.0. The summed E-state index contributed by atoms with van der Waals surface area (Å²) in [4.78, 5) is 57.1. The number of ketones is 1. The number of Topliss-reactive ketones (excluding diaryl/α,β-unsaturated/α-hetero) is 1. The van der Waals surface area contributed by atoms with E-state index in [4.69, 9.17) is 16.3 Å². The lowest BCUT2D eigenvalue weighted by molar-refractivity contribution is -0.232. The minimum Gasteiger partial charge on any atom is -0.481 e. The number of carboxylic acid groups (broad SMARTS) is 1. The minimum atomic E-state index is -1.17. The topological polar surface area (TPSA) is 123 Å². The summed E-state index contributed by atoms with van der Waals surface area (Å²) < 4.78 is 6.17. The van der Waals surface area contributed by atoms with Crippen LogP contribution in [0.5, 0.6) is 0 Å². The van der Waals surface area contributed by atoms with Gasteiger partial charge in [0.25, 0.3) is 0 Å². The van der Waals surface area contributed by atoms with E-state index >= 15 is 0 Å². The van der Waals surface area contributed by atoms with Crippen LogP contribution in [0.2, 0.25) is 5.02 Å². The Morgan fingerprint density at radius 3 is 2.29 bits per heavy atom. The van der Waals surface area contributed by atoms with E-state index in [1.165, 1.54) is 5.57 Å². The van der Waals surface area contributed by atoms with E-state index in [1.54, 1.807) is 26.1 Å². The summed E-state index contributed by atoms with van der Waals surface area (Å²) in [7, 11) is 0. The molecule has 8 atom stereocenters. The van der Waals surface area contributed by atoms with Crippen molar-refractivity contribution >= 4 is 35.2 Å². The molecule has 0 radical (unpaired) electrons. The van der Waals surface area contributed by atoms with Gasteiger partial charge in [0.05, 0.1) is 28.1 Å². The number of rotatable bonds is 9. The largest absolute Gasteiger partial charge is 0.481 e. The predicted octanol–water partition coefficient (Wildman–Crippen LogP) is 9.79. The van der Waals surface area contributed by atoms with Crippen molar-refractivity contribution in [3.05, 3.63) is 52.3 Å². The molecule has 55 heavy (non-hydrogen) atoms. The molecule has 6 aliphatic carbocycles. The quantitative estimate of drug-likeness (QED) is 0.189. The highest BCUT2D eigenvalue weighted by Crippen LogP contribution is 2.77. The van der Waals surface area contributed by atoms with Gasteiger partial charge in [-0.3, -0.25) is 24.2 Å². The number of fused-ring (bicyclic) bond motifs is 7. The maximum absolute atomic E-state index is 14.1. The van der Waals surface area contributed by atoms with Gasteiger partial charge in [-0.05, 0) is 147 Å². The fourth-order valence-corrected chi connectivity index (χ4v) is 13.5. The summed E-state index contributed by atoms with van der Waals surface area (Å²) in [5.41, 5.74) is 0.897. The zero-order valence-corrected chi connectivity index (χ0v) is 35.3. The van der Waals surface area contributed by atoms with Gasteiger partial charge in [0.2, 0.25) is 5.91 Å². The highest BCUT2D eigenvalue weighted by molar-refractivity contribution is 6.30. The van der Waals surface area contributed by atoms with Crippen LogP contribution >= 0.6 is 11.6 Å². The zero-order chi connectivity index (χ0) is 40.1. The van der Waals surface area contributed by atoms with Crippen LogP contribution in [0, 0.1) is 56.2 Å². The SMILES string of the molecule is CC(C)C1=C2[C@H]3CC[C@@H]4C5(C)CC[C@H](OC(=O)CC(C)(C)C(=O)O)C(C)(C)[C@@H]5CC[C@@]4(C)[C@]3(C)CC[C@@]2(C=CC(=O)NC2(c3ccc(Cl)cn3)CC2)CC1=O. The first-order valence-electron chi connectivity index (χ1n) is 20.9. The van der Waals surface area contributed by atoms with Gasteiger partial charge in [-0.15, -0.1) is 0 Å². The average molecular weight is 775 g/mol. The highest BCUT2D eigenvalue weighted by Gasteiger charge is 2.70. The van der Waals surface area contributed by atoms with Crippen molar-refractivity contribution < 1.29 is 29.0 Å². The molecule has 6 aliphatic rings. The third-order valence-electron chi connectivity index (χ3n) is 16.7. The maximum Gasteiger partial charge on any atom is 0.309 e. The number of pyridine rings is 1. The molecular weight excluding hydrogens is 712 g/mol. The van der Waals surface area contributed by atoms with E-state index in [0.29, 0.717) is 23.3 Å². The number of esters is 1. The van der Waals surface area contributed by atoms with E-state index in [0.717, 1.165) is 75.5 Å². The molecule has 0 saturated heterocycles. The van der Waals surface area contributed by atoms with Gasteiger partial charge in [0.15, 0.2) is 5.78 Å². The predicted molar refractivity (Wildman–Crippen MR) is 213 cm³/mol. The fraction of sp³-hybridized carbons (Fsp3) is 0.717. The first kappa shape index (κ1) is 40.2. The summed E-state index contributed by atoms with van der Waals surface area (Å²) in [5, 5.41) is 13.4. The number of hydrogen-bond donors (Lipinski definition) is 2. The first-order valence-corrected chi connectivity index (χ1v) is 21.3. The Balaban J connectivity index is 1.14. The number of allylic oxidation sites excluding steroid dienone is 3. The molecule has 0 aromatic carbocycles. The molecule has 5 fully saturated rings. The molecule has 0 bridgehead atoms. The Kier molecular flexibility index (Phi) is 9.70. The van der Waals surface area contributed by atoms with Crippen molar-refractivity contribution in [2.75, 3.05) is 0 Å². The van der Waals surface area contributed by atoms with Crippen LogP contribution < -0.4 is 5.32 Å². The van der Waals surface area contributed by atoms with Gasteiger partial charge >= 0.3 is 11.9 Å². The Labute approximate surface area is 333 Å². The molecule has 7 rings (SSSR count). The second-order valence-corrected chi connectivity index (χ2v) is 21.3. The number of carbonyl (C=O) groups excluding carboxylic acids is 3. The van der Waals surface area contributed by atoms with Gasteiger partial charge < -0.3 is 15.2 Å². The highest BCUT2D eigenvalue weighted by atomic mass is 35.5. The van der Waals surface area contributed by atoms with Crippen molar-refractivity contribution in [1.82, 2.24) is 10.3 Å². The monoisotopic (exact) mass is 774 g/mol. The van der Waals surface area contributed by atoms with Crippen molar-refractivity contribution in [2.45, 2.75) is 151 Å². The Morgan fingerprint density at radius 1 is 0.964 bits per heavy atom. The summed E-state index contributed by atoms with van der Waals surface area (Å²) in [6.45, 7) is 19.6. The van der Waals surface area contributed by atoms with Crippen LogP contribution in [0.4, 0.5) is 0 Å². The average Bonchev–Trinajstić information content (AvgIpc) is 3.80. The normalized spacial score (nSPS) is 37.5. The number of carbonyl (C=O) groups is 4. The molecule has 8 nitrogen and oxygen atoms in total. The number of nitrogens with one attached hydrogen (secondary N) is 1. The summed E-state index contributed by atoms with van der Waals surface area (Å²) >= 11 is 6.10. The molecule has 0 aliphatic heterocycles. The molecule has 5 saturated carbocycles. The smallest absolute Gasteiger partial charge is 0.309 e. The lowest BCUT2D eigenvalue weighted by Gasteiger charge is -2.72. The van der Waals surface area contributed by atoms with E-state index in [1.807, 2.05) is 12.1 Å². The standard InChI is InChI=1S/C46H63ClN2O6/c1-27(2)37-30(50)24-45(19-16-35(51)49-46(22-23-46)33-13-10-28(47)26-48-33)21-20-43(8)29(38(37)45)11-12-32-42(7)17-15-34(55-36(52)25-40(3,4)39(53)54)41(5,6)31(42)14-18-44(32,43)9/h10,13,16,19,26-27,29,31-32,34H,11-12,14-15,17-18,20-25H2,1-9H3,(H,49,51)(H,53,54)/t29-,31+,32-,34+,42?,43-,44-,45+/m1/s1. The lowest BCUT2D eigenvalue weighted by atomic mass is 9.33. The van der Waals surface area contributed by atoms with Crippen LogP contribution in [0.25, 0.3) is 0 Å². The van der Waals surface area contributed by atoms with Crippen molar-refractivity contribution in [1.29, 1.82) is 0 Å². The summed E-state index contributed by atoms with van der Waals surface area (Å²) in [5.74, 6) is -0.111. The minimum absolute atomic E-state index is 0.0161.